The van der Waals surface area contributed by atoms with Crippen molar-refractivity contribution in [3.05, 3.63) is 95.1 Å². The van der Waals surface area contributed by atoms with Gasteiger partial charge < -0.3 is 33.9 Å². The number of aliphatic hydroxyl groups is 1. The van der Waals surface area contributed by atoms with Crippen LogP contribution in [0.4, 0.5) is 0 Å². The first-order valence-electron chi connectivity index (χ1n) is 15.8. The van der Waals surface area contributed by atoms with Gasteiger partial charge in [0, 0.05) is 18.3 Å². The first-order chi connectivity index (χ1) is 21.9. The number of Topliss-reactive ketones (excluding diaryl/α,β-unsaturated/α-hetero) is 1. The number of hydrogen-bond donors (Lipinski definition) is 2. The zero-order valence-corrected chi connectivity index (χ0v) is 26.6. The van der Waals surface area contributed by atoms with E-state index in [1.807, 2.05) is 49.4 Å². The summed E-state index contributed by atoms with van der Waals surface area (Å²) in [5.41, 5.74) is -0.241. The Balaban J connectivity index is 1.27. The second-order valence-electron chi connectivity index (χ2n) is 13.7. The zero-order chi connectivity index (χ0) is 32.6. The Kier molecular flexibility index (Phi) is 7.14. The maximum absolute atomic E-state index is 13.8. The van der Waals surface area contributed by atoms with Crippen molar-refractivity contribution < 1.29 is 43.5 Å². The quantitative estimate of drug-likeness (QED) is 0.315. The van der Waals surface area contributed by atoms with Gasteiger partial charge in [-0.2, -0.15) is 0 Å². The molecule has 9 nitrogen and oxygen atoms in total. The average molecular weight is 629 g/mol. The summed E-state index contributed by atoms with van der Waals surface area (Å²) in [4.78, 5) is 26.8. The van der Waals surface area contributed by atoms with Gasteiger partial charge in [0.25, 0.3) is 5.97 Å². The number of phenols is 1. The summed E-state index contributed by atoms with van der Waals surface area (Å²) in [6, 6.07) is 14.5. The first kappa shape index (κ1) is 30.9. The topological polar surface area (TPSA) is 121 Å². The Morgan fingerprint density at radius 3 is 2.59 bits per heavy atom. The molecule has 3 aliphatic carbocycles. The van der Waals surface area contributed by atoms with E-state index in [9.17, 15) is 19.8 Å². The first-order valence-corrected chi connectivity index (χ1v) is 15.8. The van der Waals surface area contributed by atoms with Crippen molar-refractivity contribution in [1.82, 2.24) is 0 Å². The number of phenolic OH excluding ortho intramolecular Hbond substituents is 1. The molecule has 3 bridgehead atoms. The lowest BCUT2D eigenvalue weighted by Gasteiger charge is -2.59. The number of rotatable bonds is 8. The fourth-order valence-corrected chi connectivity index (χ4v) is 8.71. The fourth-order valence-electron chi connectivity index (χ4n) is 8.71. The number of esters is 1. The molecule has 9 heteroatoms. The molecule has 0 amide bonds. The van der Waals surface area contributed by atoms with Crippen LogP contribution < -0.4 is 4.74 Å². The van der Waals surface area contributed by atoms with Crippen molar-refractivity contribution in [2.75, 3.05) is 13.7 Å². The van der Waals surface area contributed by atoms with E-state index >= 15 is 0 Å². The van der Waals surface area contributed by atoms with Gasteiger partial charge in [-0.25, -0.2) is 0 Å². The van der Waals surface area contributed by atoms with Gasteiger partial charge >= 0.3 is 5.97 Å². The Morgan fingerprint density at radius 1 is 1.11 bits per heavy atom. The van der Waals surface area contributed by atoms with Crippen molar-refractivity contribution in [2.45, 2.75) is 75.3 Å². The maximum atomic E-state index is 13.8. The van der Waals surface area contributed by atoms with Crippen LogP contribution in [0.3, 0.4) is 0 Å². The molecule has 2 aromatic rings. The molecule has 2 saturated heterocycles. The van der Waals surface area contributed by atoms with Gasteiger partial charge in [0.1, 0.15) is 23.9 Å². The summed E-state index contributed by atoms with van der Waals surface area (Å²) in [6.07, 6.45) is 4.13. The predicted octanol–water partition coefficient (Wildman–Crippen LogP) is 4.74. The highest BCUT2D eigenvalue weighted by atomic mass is 16.9. The lowest BCUT2D eigenvalue weighted by atomic mass is 9.55. The number of ketones is 1. The van der Waals surface area contributed by atoms with Gasteiger partial charge in [0.05, 0.1) is 25.6 Å². The van der Waals surface area contributed by atoms with Gasteiger partial charge in [0.15, 0.2) is 17.3 Å². The fraction of sp³-hybridized carbons (Fsp3) is 0.459. The molecule has 0 aromatic heterocycles. The van der Waals surface area contributed by atoms with Crippen LogP contribution in [-0.4, -0.2) is 64.6 Å². The molecule has 46 heavy (non-hydrogen) atoms. The normalized spacial score (nSPS) is 37.1. The molecule has 0 spiro atoms. The highest BCUT2D eigenvalue weighted by molar-refractivity contribution is 6.04. The van der Waals surface area contributed by atoms with Gasteiger partial charge in [-0.05, 0) is 66.2 Å². The molecular weight excluding hydrogens is 588 g/mol. The second kappa shape index (κ2) is 10.6. The number of methoxy groups -OCH3 is 1. The largest absolute Gasteiger partial charge is 0.504 e. The van der Waals surface area contributed by atoms with Crippen LogP contribution >= 0.6 is 0 Å². The third-order valence-electron chi connectivity index (χ3n) is 10.7. The van der Waals surface area contributed by atoms with E-state index in [0.29, 0.717) is 29.6 Å². The second-order valence-corrected chi connectivity index (χ2v) is 13.7. The minimum Gasteiger partial charge on any atom is -0.504 e. The van der Waals surface area contributed by atoms with Crippen molar-refractivity contribution in [1.29, 1.82) is 0 Å². The summed E-state index contributed by atoms with van der Waals surface area (Å²) in [6.45, 7) is 9.98. The van der Waals surface area contributed by atoms with E-state index in [-0.39, 0.29) is 42.6 Å². The van der Waals surface area contributed by atoms with E-state index in [1.54, 1.807) is 19.1 Å². The third-order valence-corrected chi connectivity index (χ3v) is 10.7. The van der Waals surface area contributed by atoms with E-state index in [1.165, 1.54) is 13.2 Å². The molecule has 0 unspecified atom stereocenters. The molecule has 2 heterocycles. The summed E-state index contributed by atoms with van der Waals surface area (Å²) in [5.74, 6) is -3.37. The highest BCUT2D eigenvalue weighted by Crippen LogP contribution is 2.68. The molecule has 2 aromatic carbocycles. The molecular formula is C37H40O9. The smallest absolute Gasteiger partial charge is 0.310 e. The number of benzene rings is 2. The van der Waals surface area contributed by atoms with E-state index in [2.05, 4.69) is 13.5 Å². The highest BCUT2D eigenvalue weighted by Gasteiger charge is 2.79. The van der Waals surface area contributed by atoms with Crippen molar-refractivity contribution in [3.63, 3.8) is 0 Å². The van der Waals surface area contributed by atoms with Crippen molar-refractivity contribution in [3.8, 4) is 11.5 Å². The summed E-state index contributed by atoms with van der Waals surface area (Å²) in [5, 5.41) is 22.3. The summed E-state index contributed by atoms with van der Waals surface area (Å²) in [7, 11) is 1.44. The van der Waals surface area contributed by atoms with E-state index in [4.69, 9.17) is 23.7 Å². The molecule has 0 radical (unpaired) electrons. The molecule has 2 aliphatic heterocycles. The van der Waals surface area contributed by atoms with E-state index in [0.717, 1.165) is 11.1 Å². The number of ether oxygens (including phenoxy) is 5. The van der Waals surface area contributed by atoms with Gasteiger partial charge in [-0.3, -0.25) is 9.59 Å². The monoisotopic (exact) mass is 628 g/mol. The average Bonchev–Trinajstić information content (AvgIpc) is 3.32. The summed E-state index contributed by atoms with van der Waals surface area (Å²) < 4.78 is 31.8. The van der Waals surface area contributed by atoms with Crippen molar-refractivity contribution in [2.24, 2.45) is 17.8 Å². The molecule has 5 aliphatic rings. The van der Waals surface area contributed by atoms with Gasteiger partial charge in [0.2, 0.25) is 0 Å². The molecule has 2 N–H and O–H groups in total. The number of aromatic hydroxyl groups is 1. The van der Waals surface area contributed by atoms with Crippen LogP contribution in [0.1, 0.15) is 44.7 Å². The number of carbonyl (C=O) groups excluding carboxylic acids is 2. The minimum atomic E-state index is -1.80. The van der Waals surface area contributed by atoms with Crippen LogP contribution in [0.2, 0.25) is 0 Å². The molecule has 1 saturated carbocycles. The van der Waals surface area contributed by atoms with Crippen molar-refractivity contribution >= 4 is 11.8 Å². The summed E-state index contributed by atoms with van der Waals surface area (Å²) >= 11 is 0. The Labute approximate surface area is 268 Å². The van der Waals surface area contributed by atoms with Gasteiger partial charge in [-0.1, -0.05) is 62.1 Å². The van der Waals surface area contributed by atoms with E-state index < -0.39 is 46.7 Å². The minimum absolute atomic E-state index is 0.0156. The van der Waals surface area contributed by atoms with Crippen LogP contribution in [0.5, 0.6) is 11.5 Å². The molecule has 8 atom stereocenters. The molecule has 3 fully saturated rings. The Morgan fingerprint density at radius 2 is 1.87 bits per heavy atom. The van der Waals surface area contributed by atoms with Crippen LogP contribution in [-0.2, 0) is 41.4 Å². The lowest BCUT2D eigenvalue weighted by molar-refractivity contribution is -0.421. The Hall–Kier alpha value is -3.76. The molecule has 7 rings (SSSR count). The molecule has 242 valence electrons. The maximum Gasteiger partial charge on any atom is 0.310 e. The third kappa shape index (κ3) is 4.43. The SMILES string of the molecule is C=C(C)[C@]12C[C@@H](C)[C@@]34O[C@@](Cc5ccccc5)(O[C@@H]1[C@@H]3C=C(COC(=O)Cc1ccc(O)c(OC)c1)C[C@]1(O)C(=O)C(C)=C[C@@H]41)O2. The van der Waals surface area contributed by atoms with Crippen LogP contribution in [0, 0.1) is 17.8 Å². The lowest BCUT2D eigenvalue weighted by Crippen LogP contribution is -2.70. The standard InChI is InChI=1S/C37H40O9/c1-21(2)35-17-23(4)37-27(33(35)44-36(45-35,46-37)19-24-9-7-6-8-10-24)14-26(18-34(41)30(37)13-22(3)32(34)40)20-43-31(39)16-25-11-12-28(38)29(15-25)42-5/h6-15,23,27,30,33,38,41H,1,16-20H2,2-5H3/t23-,27+,30-,33-,34-,35-,36+,37-/m1/s1. The number of carbonyl (C=O) groups is 2. The van der Waals surface area contributed by atoms with Crippen LogP contribution in [0.15, 0.2) is 84.0 Å². The Bertz CT molecular complexity index is 1680. The van der Waals surface area contributed by atoms with Crippen LogP contribution in [0.25, 0.3) is 0 Å². The number of hydrogen-bond acceptors (Lipinski definition) is 9. The predicted molar refractivity (Wildman–Crippen MR) is 167 cm³/mol. The zero-order valence-electron chi connectivity index (χ0n) is 26.6. The van der Waals surface area contributed by atoms with Gasteiger partial charge in [-0.15, -0.1) is 0 Å². The number of fused-ring (bicyclic) bond motifs is 2.